The topological polar surface area (TPSA) is 77.0 Å². The maximum Gasteiger partial charge on any atom is 0.246 e. The first-order chi connectivity index (χ1) is 9.65. The Bertz CT molecular complexity index is 685. The van der Waals surface area contributed by atoms with E-state index in [0.717, 1.165) is 24.4 Å². The first-order valence-electron chi connectivity index (χ1n) is 6.83. The second-order valence-electron chi connectivity index (χ2n) is 5.52. The fourth-order valence-corrected chi connectivity index (χ4v) is 2.75. The molecule has 0 spiro atoms. The van der Waals surface area contributed by atoms with Gasteiger partial charge in [0.15, 0.2) is 5.82 Å². The van der Waals surface area contributed by atoms with E-state index in [0.29, 0.717) is 24.2 Å². The fourth-order valence-electron chi connectivity index (χ4n) is 2.75. The molecule has 0 radical (unpaired) electrons. The van der Waals surface area contributed by atoms with Gasteiger partial charge in [-0.3, -0.25) is 9.36 Å². The SMILES string of the molecule is Cc1cc(-c2nnc3n2C(C)C(=O)N(C2CC2)C3)on1. The van der Waals surface area contributed by atoms with E-state index < -0.39 is 0 Å². The van der Waals surface area contributed by atoms with Crippen LogP contribution in [0, 0.1) is 6.92 Å². The van der Waals surface area contributed by atoms with E-state index in [4.69, 9.17) is 4.52 Å². The highest BCUT2D eigenvalue weighted by Crippen LogP contribution is 2.35. The van der Waals surface area contributed by atoms with Crippen molar-refractivity contribution >= 4 is 5.91 Å². The van der Waals surface area contributed by atoms with Crippen molar-refractivity contribution < 1.29 is 9.32 Å². The summed E-state index contributed by atoms with van der Waals surface area (Å²) in [4.78, 5) is 14.4. The predicted molar refractivity (Wildman–Crippen MR) is 68.5 cm³/mol. The second-order valence-corrected chi connectivity index (χ2v) is 5.52. The molecule has 2 aromatic heterocycles. The highest BCUT2D eigenvalue weighted by molar-refractivity contribution is 5.82. The molecule has 7 nitrogen and oxygen atoms in total. The van der Waals surface area contributed by atoms with Crippen LogP contribution >= 0.6 is 0 Å². The van der Waals surface area contributed by atoms with Gasteiger partial charge in [0.1, 0.15) is 6.04 Å². The minimum absolute atomic E-state index is 0.136. The van der Waals surface area contributed by atoms with Gasteiger partial charge in [0.05, 0.1) is 12.2 Å². The molecule has 1 atom stereocenters. The molecule has 1 aliphatic heterocycles. The summed E-state index contributed by atoms with van der Waals surface area (Å²) in [6, 6.07) is 1.91. The Morgan fingerprint density at radius 2 is 2.15 bits per heavy atom. The van der Waals surface area contributed by atoms with E-state index in [9.17, 15) is 4.79 Å². The van der Waals surface area contributed by atoms with Gasteiger partial charge in [-0.2, -0.15) is 0 Å². The molecule has 20 heavy (non-hydrogen) atoms. The Kier molecular flexibility index (Phi) is 2.27. The van der Waals surface area contributed by atoms with Crippen LogP contribution in [0.15, 0.2) is 10.6 Å². The molecular formula is C13H15N5O2. The van der Waals surface area contributed by atoms with Crippen molar-refractivity contribution in [3.8, 4) is 11.6 Å². The van der Waals surface area contributed by atoms with Crippen LogP contribution in [0.25, 0.3) is 11.6 Å². The molecule has 0 aromatic carbocycles. The molecule has 2 aromatic rings. The van der Waals surface area contributed by atoms with Crippen LogP contribution in [0.1, 0.15) is 37.3 Å². The van der Waals surface area contributed by atoms with E-state index in [-0.39, 0.29) is 11.9 Å². The van der Waals surface area contributed by atoms with Gasteiger partial charge in [-0.05, 0) is 26.7 Å². The average molecular weight is 273 g/mol. The number of nitrogens with zero attached hydrogens (tertiary/aromatic N) is 5. The smallest absolute Gasteiger partial charge is 0.246 e. The highest BCUT2D eigenvalue weighted by Gasteiger charge is 2.41. The summed E-state index contributed by atoms with van der Waals surface area (Å²) in [5.74, 6) is 2.09. The molecule has 2 aliphatic rings. The molecule has 0 saturated heterocycles. The largest absolute Gasteiger partial charge is 0.353 e. The third kappa shape index (κ3) is 1.59. The Morgan fingerprint density at radius 3 is 2.80 bits per heavy atom. The molecule has 3 heterocycles. The van der Waals surface area contributed by atoms with E-state index in [2.05, 4.69) is 15.4 Å². The van der Waals surface area contributed by atoms with Crippen LogP contribution in [0.4, 0.5) is 0 Å². The lowest BCUT2D eigenvalue weighted by atomic mass is 10.2. The van der Waals surface area contributed by atoms with Crippen LogP contribution in [0.5, 0.6) is 0 Å². The third-order valence-electron chi connectivity index (χ3n) is 3.94. The zero-order valence-corrected chi connectivity index (χ0v) is 11.4. The lowest BCUT2D eigenvalue weighted by Crippen LogP contribution is -2.43. The highest BCUT2D eigenvalue weighted by atomic mass is 16.5. The summed E-state index contributed by atoms with van der Waals surface area (Å²) < 4.78 is 7.11. The molecule has 104 valence electrons. The number of hydrogen-bond acceptors (Lipinski definition) is 5. The summed E-state index contributed by atoms with van der Waals surface area (Å²) in [6.07, 6.45) is 2.20. The minimum Gasteiger partial charge on any atom is -0.353 e. The first-order valence-corrected chi connectivity index (χ1v) is 6.83. The summed E-state index contributed by atoms with van der Waals surface area (Å²) in [7, 11) is 0. The second kappa shape index (κ2) is 3.91. The van der Waals surface area contributed by atoms with Crippen molar-refractivity contribution in [1.82, 2.24) is 24.8 Å². The predicted octanol–water partition coefficient (Wildman–Crippen LogP) is 1.31. The molecule has 4 rings (SSSR count). The van der Waals surface area contributed by atoms with Gasteiger partial charge < -0.3 is 9.42 Å². The van der Waals surface area contributed by atoms with Crippen molar-refractivity contribution in [2.24, 2.45) is 0 Å². The Balaban J connectivity index is 1.78. The average Bonchev–Trinajstić information content (AvgIpc) is 3.04. The molecule has 1 aliphatic carbocycles. The molecule has 1 fully saturated rings. The van der Waals surface area contributed by atoms with Gasteiger partial charge in [-0.1, -0.05) is 5.16 Å². The number of rotatable bonds is 2. The first kappa shape index (κ1) is 11.6. The lowest BCUT2D eigenvalue weighted by molar-refractivity contribution is -0.137. The number of fused-ring (bicyclic) bond motifs is 1. The van der Waals surface area contributed by atoms with Gasteiger partial charge in [-0.25, -0.2) is 0 Å². The minimum atomic E-state index is -0.297. The van der Waals surface area contributed by atoms with Crippen LogP contribution in [0.2, 0.25) is 0 Å². The summed E-state index contributed by atoms with van der Waals surface area (Å²) in [5, 5.41) is 12.3. The molecular weight excluding hydrogens is 258 g/mol. The Labute approximate surface area is 115 Å². The Hall–Kier alpha value is -2.18. The molecule has 1 saturated carbocycles. The monoisotopic (exact) mass is 273 g/mol. The third-order valence-corrected chi connectivity index (χ3v) is 3.94. The zero-order valence-electron chi connectivity index (χ0n) is 11.4. The number of carbonyl (C=O) groups is 1. The molecule has 0 N–H and O–H groups in total. The summed E-state index contributed by atoms with van der Waals surface area (Å²) >= 11 is 0. The van der Waals surface area contributed by atoms with Crippen LogP contribution in [0.3, 0.4) is 0 Å². The van der Waals surface area contributed by atoms with Gasteiger partial charge >= 0.3 is 0 Å². The van der Waals surface area contributed by atoms with Gasteiger partial charge in [0.25, 0.3) is 0 Å². The molecule has 0 bridgehead atoms. The van der Waals surface area contributed by atoms with Gasteiger partial charge in [-0.15, -0.1) is 10.2 Å². The Morgan fingerprint density at radius 1 is 1.35 bits per heavy atom. The van der Waals surface area contributed by atoms with Crippen molar-refractivity contribution in [1.29, 1.82) is 0 Å². The van der Waals surface area contributed by atoms with Crippen molar-refractivity contribution in [2.75, 3.05) is 0 Å². The van der Waals surface area contributed by atoms with Gasteiger partial charge in [0, 0.05) is 12.1 Å². The standard InChI is InChI=1S/C13H15N5O2/c1-7-5-10(20-16-7)12-15-14-11-6-17(9-3-4-9)13(19)8(2)18(11)12/h5,8-9H,3-4,6H2,1-2H3. The lowest BCUT2D eigenvalue weighted by Gasteiger charge is -2.31. The summed E-state index contributed by atoms with van der Waals surface area (Å²) in [6.45, 7) is 4.27. The maximum absolute atomic E-state index is 12.5. The number of aryl methyl sites for hydroxylation is 1. The normalized spacial score (nSPS) is 22.2. The number of aromatic nitrogens is 4. The molecule has 1 unspecified atom stereocenters. The van der Waals surface area contributed by atoms with E-state index in [1.165, 1.54) is 0 Å². The van der Waals surface area contributed by atoms with Crippen LogP contribution in [-0.2, 0) is 11.3 Å². The maximum atomic E-state index is 12.5. The number of amides is 1. The van der Waals surface area contributed by atoms with Gasteiger partial charge in [0.2, 0.25) is 17.5 Å². The summed E-state index contributed by atoms with van der Waals surface area (Å²) in [5.41, 5.74) is 0.784. The van der Waals surface area contributed by atoms with Crippen LogP contribution in [-0.4, -0.2) is 36.8 Å². The van der Waals surface area contributed by atoms with E-state index in [1.54, 1.807) is 0 Å². The number of carbonyl (C=O) groups excluding carboxylic acids is 1. The van der Waals surface area contributed by atoms with E-state index in [1.807, 2.05) is 29.4 Å². The molecule has 7 heteroatoms. The number of hydrogen-bond donors (Lipinski definition) is 0. The quantitative estimate of drug-likeness (QED) is 0.824. The zero-order chi connectivity index (χ0) is 13.9. The fraction of sp³-hybridized carbons (Fsp3) is 0.538. The van der Waals surface area contributed by atoms with Crippen molar-refractivity contribution in [3.63, 3.8) is 0 Å². The van der Waals surface area contributed by atoms with E-state index >= 15 is 0 Å². The van der Waals surface area contributed by atoms with Crippen molar-refractivity contribution in [2.45, 2.75) is 45.3 Å². The van der Waals surface area contributed by atoms with Crippen LogP contribution < -0.4 is 0 Å². The van der Waals surface area contributed by atoms with Crippen molar-refractivity contribution in [3.05, 3.63) is 17.6 Å². The molecule has 1 amide bonds.